The molecule has 4 rings (SSSR count). The lowest BCUT2D eigenvalue weighted by atomic mass is 9.67. The van der Waals surface area contributed by atoms with Gasteiger partial charge in [-0.05, 0) is 38.5 Å². The summed E-state index contributed by atoms with van der Waals surface area (Å²) >= 11 is 6.55. The second-order valence-electron chi connectivity index (χ2n) is 8.03. The predicted molar refractivity (Wildman–Crippen MR) is 110 cm³/mol. The minimum atomic E-state index is -1.32. The number of nitrogens with zero attached hydrogens (tertiary/aromatic N) is 3. The molecule has 2 saturated heterocycles. The van der Waals surface area contributed by atoms with E-state index in [1.54, 1.807) is 19.9 Å². The Morgan fingerprint density at radius 3 is 2.34 bits per heavy atom. The molecule has 3 heterocycles. The van der Waals surface area contributed by atoms with Gasteiger partial charge in [-0.3, -0.25) is 19.4 Å². The molecule has 1 unspecified atom stereocenters. The van der Waals surface area contributed by atoms with Crippen molar-refractivity contribution >= 4 is 35.1 Å². The standard InChI is InChI=1S/C21H27ClN4O3/c1-4-23-10-11-26-16-9-7-8-15(22)14(16)12-21(17(26)13-23)18(27)24(5-2)20(29)25(6-3)19(21)28/h7-9,17H,4-6,10-13H2,1-3H3/p+1/t17-/m0/s1. The van der Waals surface area contributed by atoms with Crippen molar-refractivity contribution in [1.29, 1.82) is 0 Å². The van der Waals surface area contributed by atoms with E-state index in [9.17, 15) is 14.4 Å². The van der Waals surface area contributed by atoms with Gasteiger partial charge in [0.05, 0.1) is 26.2 Å². The van der Waals surface area contributed by atoms with E-state index in [1.165, 1.54) is 14.7 Å². The summed E-state index contributed by atoms with van der Waals surface area (Å²) in [5.74, 6) is -0.754. The number of carbonyl (C=O) groups excluding carboxylic acids is 3. The van der Waals surface area contributed by atoms with Gasteiger partial charge in [-0.2, -0.15) is 0 Å². The number of anilines is 1. The number of carbonyl (C=O) groups is 3. The second kappa shape index (κ2) is 7.29. The van der Waals surface area contributed by atoms with Gasteiger partial charge in [0.1, 0.15) is 6.04 Å². The van der Waals surface area contributed by atoms with Crippen molar-refractivity contribution in [1.82, 2.24) is 9.80 Å². The highest BCUT2D eigenvalue weighted by molar-refractivity contribution is 6.32. The van der Waals surface area contributed by atoms with Gasteiger partial charge in [-0.25, -0.2) is 4.79 Å². The summed E-state index contributed by atoms with van der Waals surface area (Å²) in [6.45, 7) is 9.46. The van der Waals surface area contributed by atoms with Crippen molar-refractivity contribution in [3.63, 3.8) is 0 Å². The Morgan fingerprint density at radius 2 is 1.76 bits per heavy atom. The van der Waals surface area contributed by atoms with Crippen LogP contribution in [0.5, 0.6) is 0 Å². The maximum Gasteiger partial charge on any atom is 0.333 e. The number of benzene rings is 1. The first kappa shape index (κ1) is 20.2. The van der Waals surface area contributed by atoms with Crippen molar-refractivity contribution in [2.45, 2.75) is 33.2 Å². The first-order chi connectivity index (χ1) is 13.9. The maximum absolute atomic E-state index is 13.8. The van der Waals surface area contributed by atoms with E-state index in [0.717, 1.165) is 30.9 Å². The van der Waals surface area contributed by atoms with Gasteiger partial charge in [0.15, 0.2) is 5.41 Å². The number of quaternary nitrogens is 1. The smallest absolute Gasteiger partial charge is 0.333 e. The Labute approximate surface area is 176 Å². The topological polar surface area (TPSA) is 65.4 Å². The number of rotatable bonds is 3. The minimum Gasteiger partial charge on any atom is -0.355 e. The highest BCUT2D eigenvalue weighted by Gasteiger charge is 2.65. The Kier molecular flexibility index (Phi) is 5.07. The fourth-order valence-electron chi connectivity index (χ4n) is 5.24. The second-order valence-corrected chi connectivity index (χ2v) is 8.44. The molecule has 0 aromatic heterocycles. The summed E-state index contributed by atoms with van der Waals surface area (Å²) in [4.78, 5) is 46.4. The zero-order chi connectivity index (χ0) is 20.9. The third-order valence-corrected chi connectivity index (χ3v) is 7.19. The van der Waals surface area contributed by atoms with Crippen LogP contribution in [0.15, 0.2) is 18.2 Å². The lowest BCUT2D eigenvalue weighted by Crippen LogP contribution is -3.16. The summed E-state index contributed by atoms with van der Waals surface area (Å²) in [7, 11) is 0. The summed E-state index contributed by atoms with van der Waals surface area (Å²) < 4.78 is 0. The van der Waals surface area contributed by atoms with E-state index in [4.69, 9.17) is 11.6 Å². The monoisotopic (exact) mass is 419 g/mol. The van der Waals surface area contributed by atoms with E-state index < -0.39 is 11.4 Å². The van der Waals surface area contributed by atoms with Crippen molar-refractivity contribution in [3.8, 4) is 0 Å². The molecular formula is C21H28ClN4O3+. The van der Waals surface area contributed by atoms with Crippen LogP contribution in [0.4, 0.5) is 10.5 Å². The average molecular weight is 420 g/mol. The zero-order valence-corrected chi connectivity index (χ0v) is 18.0. The van der Waals surface area contributed by atoms with Gasteiger partial charge in [-0.15, -0.1) is 0 Å². The molecular weight excluding hydrogens is 392 g/mol. The molecule has 7 nitrogen and oxygen atoms in total. The van der Waals surface area contributed by atoms with Gasteiger partial charge >= 0.3 is 6.03 Å². The van der Waals surface area contributed by atoms with Crippen LogP contribution in [-0.4, -0.2) is 73.0 Å². The van der Waals surface area contributed by atoms with Gasteiger partial charge in [-0.1, -0.05) is 17.7 Å². The molecule has 1 aromatic rings. The fourth-order valence-corrected chi connectivity index (χ4v) is 5.48. The van der Waals surface area contributed by atoms with Crippen LogP contribution >= 0.6 is 11.6 Å². The van der Waals surface area contributed by atoms with Crippen molar-refractivity contribution in [3.05, 3.63) is 28.8 Å². The number of barbiturate groups is 1. The molecule has 0 radical (unpaired) electrons. The number of fused-ring (bicyclic) bond motifs is 4. The molecule has 2 fully saturated rings. The SMILES string of the molecule is CCN1C(=O)N(CC)C(=O)C2(Cc3c(Cl)cccc3N3CC[NH+](CC)C[C@H]32)C1=O. The summed E-state index contributed by atoms with van der Waals surface area (Å²) in [6.07, 6.45) is 0.234. The van der Waals surface area contributed by atoms with Crippen LogP contribution in [0.2, 0.25) is 5.02 Å². The summed E-state index contributed by atoms with van der Waals surface area (Å²) in [5.41, 5.74) is 0.513. The normalized spacial score (nSPS) is 26.1. The molecule has 1 spiro atoms. The van der Waals surface area contributed by atoms with Crippen LogP contribution in [-0.2, 0) is 16.0 Å². The highest BCUT2D eigenvalue weighted by Crippen LogP contribution is 2.47. The van der Waals surface area contributed by atoms with E-state index in [-0.39, 0.29) is 37.4 Å². The molecule has 8 heteroatoms. The number of halogens is 1. The fraction of sp³-hybridized carbons (Fsp3) is 0.571. The molecule has 0 bridgehead atoms. The molecule has 1 aromatic carbocycles. The third-order valence-electron chi connectivity index (χ3n) is 6.84. The number of nitrogens with one attached hydrogen (secondary N) is 1. The number of piperazine rings is 1. The lowest BCUT2D eigenvalue weighted by Gasteiger charge is -2.55. The Hall–Kier alpha value is -2.12. The molecule has 0 aliphatic carbocycles. The van der Waals surface area contributed by atoms with E-state index in [0.29, 0.717) is 11.6 Å². The lowest BCUT2D eigenvalue weighted by molar-refractivity contribution is -0.902. The number of likely N-dealkylation sites (N-methyl/N-ethyl adjacent to an activating group) is 1. The van der Waals surface area contributed by atoms with Gasteiger partial charge < -0.3 is 9.80 Å². The molecule has 3 aliphatic heterocycles. The van der Waals surface area contributed by atoms with Crippen LogP contribution in [0.3, 0.4) is 0 Å². The first-order valence-corrected chi connectivity index (χ1v) is 10.8. The van der Waals surface area contributed by atoms with Gasteiger partial charge in [0.25, 0.3) is 0 Å². The van der Waals surface area contributed by atoms with Gasteiger partial charge in [0.2, 0.25) is 11.8 Å². The maximum atomic E-state index is 13.8. The summed E-state index contributed by atoms with van der Waals surface area (Å²) in [5, 5.41) is 0.564. The quantitative estimate of drug-likeness (QED) is 0.736. The molecule has 1 N–H and O–H groups in total. The molecule has 0 saturated carbocycles. The predicted octanol–water partition coefficient (Wildman–Crippen LogP) is 0.807. The number of urea groups is 1. The van der Waals surface area contributed by atoms with Crippen LogP contribution in [0.1, 0.15) is 26.3 Å². The van der Waals surface area contributed by atoms with Crippen molar-refractivity contribution in [2.75, 3.05) is 44.2 Å². The molecule has 3 aliphatic rings. The number of imide groups is 2. The Balaban J connectivity index is 1.93. The average Bonchev–Trinajstić information content (AvgIpc) is 2.73. The molecule has 2 atom stereocenters. The number of hydrogen-bond acceptors (Lipinski definition) is 4. The van der Waals surface area contributed by atoms with Crippen LogP contribution in [0.25, 0.3) is 0 Å². The van der Waals surface area contributed by atoms with E-state index in [2.05, 4.69) is 11.8 Å². The minimum absolute atomic E-state index is 0.234. The molecule has 29 heavy (non-hydrogen) atoms. The van der Waals surface area contributed by atoms with Crippen LogP contribution in [0, 0.1) is 5.41 Å². The van der Waals surface area contributed by atoms with Gasteiger partial charge in [0, 0.05) is 30.2 Å². The third kappa shape index (κ3) is 2.70. The Morgan fingerprint density at radius 1 is 1.10 bits per heavy atom. The number of amides is 4. The summed E-state index contributed by atoms with van der Waals surface area (Å²) in [6, 6.07) is 4.94. The largest absolute Gasteiger partial charge is 0.355 e. The zero-order valence-electron chi connectivity index (χ0n) is 17.2. The number of hydrogen-bond donors (Lipinski definition) is 1. The molecule has 156 valence electrons. The van der Waals surface area contributed by atoms with Crippen molar-refractivity contribution in [2.24, 2.45) is 5.41 Å². The molecule has 4 amide bonds. The van der Waals surface area contributed by atoms with E-state index in [1.807, 2.05) is 12.1 Å². The van der Waals surface area contributed by atoms with Crippen LogP contribution < -0.4 is 9.80 Å². The van der Waals surface area contributed by atoms with E-state index >= 15 is 0 Å². The Bertz CT molecular complexity index is 847. The first-order valence-electron chi connectivity index (χ1n) is 10.5. The van der Waals surface area contributed by atoms with Crippen molar-refractivity contribution < 1.29 is 19.3 Å². The highest BCUT2D eigenvalue weighted by atomic mass is 35.5.